The quantitative estimate of drug-likeness (QED) is 0.691. The maximum absolute atomic E-state index is 10.7. The Balaban J connectivity index is 1.83. The second-order valence-corrected chi connectivity index (χ2v) is 4.36. The molecule has 0 aromatic carbocycles. The van der Waals surface area contributed by atoms with Crippen LogP contribution in [0, 0.1) is 10.8 Å². The molecular weight excluding hydrogens is 156 g/mol. The third kappa shape index (κ3) is 0.829. The molecule has 3 nitrogen and oxygen atoms in total. The molecule has 0 amide bonds. The number of aliphatic carboxylic acids is 1. The lowest BCUT2D eigenvalue weighted by Gasteiger charge is -2.68. The molecule has 0 spiro atoms. The smallest absolute Gasteiger partial charge is 0.309 e. The van der Waals surface area contributed by atoms with Crippen LogP contribution in [0.15, 0.2) is 0 Å². The number of hydrogen-bond donors (Lipinski definition) is 1. The fraction of sp³-hybridized carbons (Fsp3) is 0.889. The Kier molecular flexibility index (Phi) is 1.49. The average molecular weight is 170 g/mol. The summed E-state index contributed by atoms with van der Waals surface area (Å²) in [5, 5.41) is 8.84. The van der Waals surface area contributed by atoms with Crippen LogP contribution in [0.25, 0.3) is 0 Å². The van der Waals surface area contributed by atoms with Crippen LogP contribution in [0.4, 0.5) is 0 Å². The molecule has 0 atom stereocenters. The Hall–Kier alpha value is -0.570. The number of carboxylic acids is 1. The Labute approximate surface area is 71.7 Å². The number of carbonyl (C=O) groups is 1. The summed E-state index contributed by atoms with van der Waals surface area (Å²) in [7, 11) is 1.69. The third-order valence-corrected chi connectivity index (χ3v) is 3.43. The van der Waals surface area contributed by atoms with Crippen LogP contribution in [0.2, 0.25) is 0 Å². The van der Waals surface area contributed by atoms with Crippen molar-refractivity contribution in [2.75, 3.05) is 13.7 Å². The molecule has 0 heterocycles. The van der Waals surface area contributed by atoms with Crippen molar-refractivity contribution in [1.82, 2.24) is 0 Å². The van der Waals surface area contributed by atoms with E-state index in [1.54, 1.807) is 7.11 Å². The molecule has 0 aromatic rings. The van der Waals surface area contributed by atoms with Gasteiger partial charge in [0.2, 0.25) is 0 Å². The summed E-state index contributed by atoms with van der Waals surface area (Å²) >= 11 is 0. The molecule has 3 aliphatic rings. The van der Waals surface area contributed by atoms with E-state index >= 15 is 0 Å². The zero-order valence-electron chi connectivity index (χ0n) is 7.30. The number of ether oxygens (including phenoxy) is 1. The zero-order chi connectivity index (χ0) is 8.82. The van der Waals surface area contributed by atoms with Crippen LogP contribution >= 0.6 is 0 Å². The van der Waals surface area contributed by atoms with E-state index in [1.807, 2.05) is 0 Å². The van der Waals surface area contributed by atoms with Crippen LogP contribution in [0.1, 0.15) is 25.7 Å². The van der Waals surface area contributed by atoms with Crippen LogP contribution in [-0.2, 0) is 9.53 Å². The van der Waals surface area contributed by atoms with Gasteiger partial charge < -0.3 is 9.84 Å². The van der Waals surface area contributed by atoms with Gasteiger partial charge in [0.05, 0.1) is 5.41 Å². The van der Waals surface area contributed by atoms with Gasteiger partial charge in [-0.25, -0.2) is 0 Å². The van der Waals surface area contributed by atoms with Gasteiger partial charge in [-0.05, 0) is 31.1 Å². The summed E-state index contributed by atoms with van der Waals surface area (Å²) in [5.74, 6) is -0.596. The Morgan fingerprint density at radius 3 is 2.50 bits per heavy atom. The SMILES string of the molecule is COCCC12CC(C(=O)O)(C1)C2. The van der Waals surface area contributed by atoms with Crippen molar-refractivity contribution in [3.63, 3.8) is 0 Å². The van der Waals surface area contributed by atoms with Crippen molar-refractivity contribution in [3.8, 4) is 0 Å². The lowest BCUT2D eigenvalue weighted by Crippen LogP contribution is -2.65. The molecule has 1 N–H and O–H groups in total. The van der Waals surface area contributed by atoms with Crippen molar-refractivity contribution in [3.05, 3.63) is 0 Å². The van der Waals surface area contributed by atoms with E-state index in [2.05, 4.69) is 0 Å². The van der Waals surface area contributed by atoms with Gasteiger partial charge in [-0.3, -0.25) is 4.79 Å². The highest BCUT2D eigenvalue weighted by atomic mass is 16.5. The Bertz CT molecular complexity index is 202. The first-order valence-electron chi connectivity index (χ1n) is 4.35. The fourth-order valence-electron chi connectivity index (χ4n) is 2.81. The van der Waals surface area contributed by atoms with Gasteiger partial charge in [0, 0.05) is 13.7 Å². The van der Waals surface area contributed by atoms with Gasteiger partial charge in [0.25, 0.3) is 0 Å². The molecule has 0 saturated heterocycles. The van der Waals surface area contributed by atoms with Crippen LogP contribution < -0.4 is 0 Å². The molecule has 0 radical (unpaired) electrons. The van der Waals surface area contributed by atoms with E-state index in [9.17, 15) is 4.79 Å². The first-order valence-corrected chi connectivity index (χ1v) is 4.35. The van der Waals surface area contributed by atoms with Gasteiger partial charge in [-0.1, -0.05) is 0 Å². The molecular formula is C9H14O3. The number of carboxylic acid groups (broad SMARTS) is 1. The van der Waals surface area contributed by atoms with Crippen molar-refractivity contribution in [1.29, 1.82) is 0 Å². The fourth-order valence-corrected chi connectivity index (χ4v) is 2.81. The van der Waals surface area contributed by atoms with E-state index in [0.717, 1.165) is 32.3 Å². The molecule has 0 unspecified atom stereocenters. The van der Waals surface area contributed by atoms with Gasteiger partial charge in [0.1, 0.15) is 0 Å². The maximum atomic E-state index is 10.7. The second kappa shape index (κ2) is 2.22. The molecule has 2 bridgehead atoms. The zero-order valence-corrected chi connectivity index (χ0v) is 7.30. The molecule has 3 saturated carbocycles. The summed E-state index contributed by atoms with van der Waals surface area (Å²) < 4.78 is 4.98. The second-order valence-electron chi connectivity index (χ2n) is 4.36. The lowest BCUT2D eigenvalue weighted by molar-refractivity contribution is -0.227. The van der Waals surface area contributed by atoms with Crippen molar-refractivity contribution < 1.29 is 14.6 Å². The van der Waals surface area contributed by atoms with Crippen molar-refractivity contribution in [2.45, 2.75) is 25.7 Å². The van der Waals surface area contributed by atoms with Gasteiger partial charge in [0.15, 0.2) is 0 Å². The monoisotopic (exact) mass is 170 g/mol. The highest BCUT2D eigenvalue weighted by molar-refractivity contribution is 5.79. The predicted molar refractivity (Wildman–Crippen MR) is 42.8 cm³/mol. The van der Waals surface area contributed by atoms with E-state index < -0.39 is 5.97 Å². The topological polar surface area (TPSA) is 46.5 Å². The molecule has 0 aromatic heterocycles. The number of methoxy groups -OCH3 is 1. The maximum Gasteiger partial charge on any atom is 0.309 e. The third-order valence-electron chi connectivity index (χ3n) is 3.43. The number of rotatable bonds is 4. The van der Waals surface area contributed by atoms with Crippen LogP contribution in [0.3, 0.4) is 0 Å². The van der Waals surface area contributed by atoms with Gasteiger partial charge in [-0.2, -0.15) is 0 Å². The summed E-state index contributed by atoms with van der Waals surface area (Å²) in [6, 6.07) is 0. The summed E-state index contributed by atoms with van der Waals surface area (Å²) in [4.78, 5) is 10.7. The predicted octanol–water partition coefficient (Wildman–Crippen LogP) is 1.28. The molecule has 3 heteroatoms. The molecule has 3 fully saturated rings. The molecule has 3 rings (SSSR count). The van der Waals surface area contributed by atoms with Crippen LogP contribution in [-0.4, -0.2) is 24.8 Å². The largest absolute Gasteiger partial charge is 0.481 e. The number of hydrogen-bond acceptors (Lipinski definition) is 2. The minimum absolute atomic E-state index is 0.312. The van der Waals surface area contributed by atoms with Crippen molar-refractivity contribution >= 4 is 5.97 Å². The van der Waals surface area contributed by atoms with Crippen molar-refractivity contribution in [2.24, 2.45) is 10.8 Å². The highest BCUT2D eigenvalue weighted by Crippen LogP contribution is 2.74. The van der Waals surface area contributed by atoms with Gasteiger partial charge in [-0.15, -0.1) is 0 Å². The van der Waals surface area contributed by atoms with Crippen LogP contribution in [0.5, 0.6) is 0 Å². The van der Waals surface area contributed by atoms with E-state index in [0.29, 0.717) is 5.41 Å². The molecule has 12 heavy (non-hydrogen) atoms. The molecule has 0 aliphatic heterocycles. The standard InChI is InChI=1S/C9H14O3/c1-12-3-2-8-4-9(5-8,6-8)7(10)11/h2-6H2,1H3,(H,10,11). The van der Waals surface area contributed by atoms with E-state index in [4.69, 9.17) is 9.84 Å². The minimum atomic E-state index is -0.596. The molecule has 68 valence electrons. The van der Waals surface area contributed by atoms with E-state index in [1.165, 1.54) is 0 Å². The Morgan fingerprint density at radius 1 is 1.50 bits per heavy atom. The van der Waals surface area contributed by atoms with E-state index in [-0.39, 0.29) is 5.41 Å². The van der Waals surface area contributed by atoms with Gasteiger partial charge >= 0.3 is 5.97 Å². The summed E-state index contributed by atoms with van der Waals surface area (Å²) in [6.45, 7) is 0.774. The first-order chi connectivity index (χ1) is 5.63. The first kappa shape index (κ1) is 8.05. The average Bonchev–Trinajstić information content (AvgIpc) is 1.81. The summed E-state index contributed by atoms with van der Waals surface area (Å²) in [5.41, 5.74) is 0.0438. The summed E-state index contributed by atoms with van der Waals surface area (Å²) in [6.07, 6.45) is 3.70. The molecule has 3 aliphatic carbocycles. The lowest BCUT2D eigenvalue weighted by atomic mass is 9.34. The highest BCUT2D eigenvalue weighted by Gasteiger charge is 2.71. The Morgan fingerprint density at radius 2 is 2.08 bits per heavy atom. The normalized spacial score (nSPS) is 43.1. The minimum Gasteiger partial charge on any atom is -0.481 e.